The van der Waals surface area contributed by atoms with Gasteiger partial charge in [-0.2, -0.15) is 0 Å². The molecule has 3 aromatic rings. The van der Waals surface area contributed by atoms with Crippen LogP contribution in [0.4, 0.5) is 5.69 Å². The molecule has 1 aliphatic rings. The minimum Gasteiger partial charge on any atom is -0.345 e. The minimum atomic E-state index is -1.19. The van der Waals surface area contributed by atoms with Gasteiger partial charge in [0, 0.05) is 41.6 Å². The van der Waals surface area contributed by atoms with E-state index in [0.717, 1.165) is 11.1 Å². The van der Waals surface area contributed by atoms with Crippen LogP contribution in [-0.2, 0) is 14.4 Å². The summed E-state index contributed by atoms with van der Waals surface area (Å²) in [6.45, 7) is 1.51. The van der Waals surface area contributed by atoms with Crippen molar-refractivity contribution in [1.82, 2.24) is 10.6 Å². The van der Waals surface area contributed by atoms with Crippen LogP contribution in [0, 0.1) is 0 Å². The van der Waals surface area contributed by atoms with E-state index < -0.39 is 29.9 Å². The molecule has 0 unspecified atom stereocenters. The van der Waals surface area contributed by atoms with Crippen molar-refractivity contribution < 1.29 is 19.2 Å². The minimum absolute atomic E-state index is 0.0172. The Hall–Kier alpha value is -4.30. The van der Waals surface area contributed by atoms with Crippen LogP contribution < -0.4 is 15.5 Å². The summed E-state index contributed by atoms with van der Waals surface area (Å²) in [5.74, 6) is -1.65. The van der Waals surface area contributed by atoms with Gasteiger partial charge >= 0.3 is 0 Å². The summed E-state index contributed by atoms with van der Waals surface area (Å²) in [6, 6.07) is 22.3. The fourth-order valence-corrected chi connectivity index (χ4v) is 4.21. The number of benzodiazepines with no additional fused rings is 1. The Labute approximate surface area is 225 Å². The van der Waals surface area contributed by atoms with Gasteiger partial charge < -0.3 is 15.5 Å². The summed E-state index contributed by atoms with van der Waals surface area (Å²) < 4.78 is 0. The fraction of sp³-hybridized carbons (Fsp3) is 0.207. The molecule has 38 heavy (non-hydrogen) atoms. The number of rotatable bonds is 8. The highest BCUT2D eigenvalue weighted by molar-refractivity contribution is 6.30. The van der Waals surface area contributed by atoms with Gasteiger partial charge in [-0.05, 0) is 37.3 Å². The van der Waals surface area contributed by atoms with E-state index >= 15 is 0 Å². The quantitative estimate of drug-likeness (QED) is 0.432. The molecule has 1 aliphatic heterocycles. The Balaban J connectivity index is 1.44. The molecule has 0 fully saturated rings. The van der Waals surface area contributed by atoms with Gasteiger partial charge in [0.2, 0.25) is 18.0 Å². The molecular weight excluding hydrogens is 504 g/mol. The monoisotopic (exact) mass is 530 g/mol. The van der Waals surface area contributed by atoms with E-state index in [2.05, 4.69) is 15.6 Å². The summed E-state index contributed by atoms with van der Waals surface area (Å²) in [6.07, 6.45) is -1.30. The number of ketones is 1. The van der Waals surface area contributed by atoms with Gasteiger partial charge in [0.05, 0.1) is 11.4 Å². The number of anilines is 1. The number of carbonyl (C=O) groups is 4. The molecule has 0 spiro atoms. The number of nitrogens with one attached hydrogen (secondary N) is 2. The van der Waals surface area contributed by atoms with Crippen LogP contribution >= 0.6 is 11.6 Å². The zero-order valence-electron chi connectivity index (χ0n) is 21.0. The van der Waals surface area contributed by atoms with E-state index in [1.165, 1.54) is 11.8 Å². The van der Waals surface area contributed by atoms with Crippen LogP contribution in [-0.4, -0.2) is 48.5 Å². The highest BCUT2D eigenvalue weighted by Crippen LogP contribution is 2.27. The van der Waals surface area contributed by atoms with Crippen LogP contribution in [0.1, 0.15) is 41.3 Å². The third-order valence-electron chi connectivity index (χ3n) is 6.19. The molecule has 9 heteroatoms. The van der Waals surface area contributed by atoms with Crippen LogP contribution in [0.3, 0.4) is 0 Å². The number of hydrogen-bond donors (Lipinski definition) is 2. The Morgan fingerprint density at radius 2 is 1.61 bits per heavy atom. The molecule has 8 nitrogen and oxygen atoms in total. The highest BCUT2D eigenvalue weighted by Gasteiger charge is 2.32. The van der Waals surface area contributed by atoms with E-state index in [-0.39, 0.29) is 18.6 Å². The first-order valence-corrected chi connectivity index (χ1v) is 12.5. The van der Waals surface area contributed by atoms with E-state index in [1.807, 2.05) is 54.6 Å². The van der Waals surface area contributed by atoms with Crippen LogP contribution in [0.2, 0.25) is 5.02 Å². The van der Waals surface area contributed by atoms with Gasteiger partial charge in [-0.1, -0.05) is 60.1 Å². The average molecular weight is 531 g/mol. The van der Waals surface area contributed by atoms with Gasteiger partial charge in [-0.25, -0.2) is 4.99 Å². The van der Waals surface area contributed by atoms with Crippen molar-refractivity contribution in [2.75, 3.05) is 11.9 Å². The molecular formula is C29H27ClN4O4. The lowest BCUT2D eigenvalue weighted by Gasteiger charge is -2.22. The van der Waals surface area contributed by atoms with Crippen LogP contribution in [0.15, 0.2) is 83.9 Å². The SMILES string of the molecule is C[C@H](NC(=O)CCC(=O)c1ccc(Cl)cc1)C(=O)N[C@H]1N=C(c2ccccc2)c2ccccc2N(C)C1=O. The first-order valence-electron chi connectivity index (χ1n) is 12.1. The fourth-order valence-electron chi connectivity index (χ4n) is 4.09. The Morgan fingerprint density at radius 3 is 2.32 bits per heavy atom. The lowest BCUT2D eigenvalue weighted by molar-refractivity contribution is -0.130. The number of nitrogens with zero attached hydrogens (tertiary/aromatic N) is 2. The van der Waals surface area contributed by atoms with E-state index in [1.54, 1.807) is 31.3 Å². The number of Topliss-reactive ketones (excluding diaryl/α,β-unsaturated/α-hetero) is 1. The molecule has 0 bridgehead atoms. The van der Waals surface area contributed by atoms with Crippen molar-refractivity contribution in [3.05, 3.63) is 101 Å². The molecule has 2 atom stereocenters. The molecule has 0 saturated carbocycles. The number of amides is 3. The number of likely N-dealkylation sites (N-methyl/N-ethyl adjacent to an activating group) is 1. The lowest BCUT2D eigenvalue weighted by atomic mass is 10.0. The first kappa shape index (κ1) is 26.8. The normalized spacial score (nSPS) is 15.6. The number of para-hydroxylation sites is 1. The van der Waals surface area contributed by atoms with Crippen molar-refractivity contribution in [1.29, 1.82) is 0 Å². The predicted molar refractivity (Wildman–Crippen MR) is 146 cm³/mol. The van der Waals surface area contributed by atoms with Gasteiger partial charge in [-0.3, -0.25) is 19.2 Å². The molecule has 194 valence electrons. The number of carbonyl (C=O) groups excluding carboxylic acids is 4. The van der Waals surface area contributed by atoms with Gasteiger partial charge in [-0.15, -0.1) is 0 Å². The molecule has 0 radical (unpaired) electrons. The zero-order chi connectivity index (χ0) is 27.2. The maximum absolute atomic E-state index is 13.3. The van der Waals surface area contributed by atoms with Crippen molar-refractivity contribution >= 4 is 46.5 Å². The van der Waals surface area contributed by atoms with Crippen molar-refractivity contribution in [3.8, 4) is 0 Å². The lowest BCUT2D eigenvalue weighted by Crippen LogP contribution is -2.52. The number of benzene rings is 3. The largest absolute Gasteiger partial charge is 0.345 e. The van der Waals surface area contributed by atoms with Crippen molar-refractivity contribution in [2.45, 2.75) is 32.0 Å². The summed E-state index contributed by atoms with van der Waals surface area (Å²) in [4.78, 5) is 57.1. The smallest absolute Gasteiger partial charge is 0.272 e. The molecule has 0 aromatic heterocycles. The molecule has 3 aromatic carbocycles. The topological polar surface area (TPSA) is 108 Å². The van der Waals surface area contributed by atoms with Gasteiger partial charge in [0.15, 0.2) is 5.78 Å². The Bertz CT molecular complexity index is 1390. The molecule has 1 heterocycles. The highest BCUT2D eigenvalue weighted by atomic mass is 35.5. The summed E-state index contributed by atoms with van der Waals surface area (Å²) in [7, 11) is 1.63. The second-order valence-electron chi connectivity index (χ2n) is 8.89. The van der Waals surface area contributed by atoms with Crippen LogP contribution in [0.25, 0.3) is 0 Å². The summed E-state index contributed by atoms with van der Waals surface area (Å²) >= 11 is 5.84. The third kappa shape index (κ3) is 6.15. The van der Waals surface area contributed by atoms with E-state index in [0.29, 0.717) is 22.0 Å². The van der Waals surface area contributed by atoms with E-state index in [9.17, 15) is 19.2 Å². The Kier molecular flexibility index (Phi) is 8.33. The second kappa shape index (κ2) is 11.8. The first-order chi connectivity index (χ1) is 18.2. The Morgan fingerprint density at radius 1 is 0.947 bits per heavy atom. The number of halogens is 1. The maximum atomic E-state index is 13.3. The molecule has 2 N–H and O–H groups in total. The number of hydrogen-bond acceptors (Lipinski definition) is 5. The third-order valence-corrected chi connectivity index (χ3v) is 6.44. The molecule has 3 amide bonds. The average Bonchev–Trinajstić information content (AvgIpc) is 3.03. The summed E-state index contributed by atoms with van der Waals surface area (Å²) in [5.41, 5.74) is 3.26. The van der Waals surface area contributed by atoms with Crippen molar-refractivity contribution in [3.63, 3.8) is 0 Å². The molecule has 0 saturated heterocycles. The maximum Gasteiger partial charge on any atom is 0.272 e. The standard InChI is InChI=1S/C29H27ClN4O4/c1-18(31-25(36)17-16-24(35)19-12-14-21(30)15-13-19)28(37)33-27-29(38)34(2)23-11-7-6-10-22(23)26(32-27)20-8-4-3-5-9-20/h3-15,18,27H,16-17H2,1-2H3,(H,31,36)(H,33,37)/t18-,27+/m0/s1. The second-order valence-corrected chi connectivity index (χ2v) is 9.32. The van der Waals surface area contributed by atoms with Gasteiger partial charge in [0.25, 0.3) is 5.91 Å². The van der Waals surface area contributed by atoms with E-state index in [4.69, 9.17) is 11.6 Å². The number of fused-ring (bicyclic) bond motifs is 1. The molecule has 0 aliphatic carbocycles. The molecule has 4 rings (SSSR count). The number of aliphatic imine (C=N–C) groups is 1. The van der Waals surface area contributed by atoms with Crippen LogP contribution in [0.5, 0.6) is 0 Å². The predicted octanol–water partition coefficient (Wildman–Crippen LogP) is 3.76. The van der Waals surface area contributed by atoms with Crippen molar-refractivity contribution in [2.24, 2.45) is 4.99 Å². The zero-order valence-corrected chi connectivity index (χ0v) is 21.7. The van der Waals surface area contributed by atoms with Gasteiger partial charge in [0.1, 0.15) is 6.04 Å². The summed E-state index contributed by atoms with van der Waals surface area (Å²) in [5, 5.41) is 5.77.